The number of halogens is 1. The maximum atomic E-state index is 11.2. The number of rotatable bonds is 6. The van der Waals surface area contributed by atoms with Crippen LogP contribution in [-0.4, -0.2) is 10.2 Å². The summed E-state index contributed by atoms with van der Waals surface area (Å²) >= 11 is 5.44. The quantitative estimate of drug-likeness (QED) is 0.337. The van der Waals surface area contributed by atoms with Crippen LogP contribution in [0.5, 0.6) is 0 Å². The maximum Gasteiger partial charge on any atom is 0.269 e. The van der Waals surface area contributed by atoms with Crippen molar-refractivity contribution in [3.63, 3.8) is 0 Å². The van der Waals surface area contributed by atoms with Gasteiger partial charge in [0.25, 0.3) is 10.9 Å². The standard InChI is InChI=1S/C12H14ClNO3/c1-2-3-4-5-9-8-10(14(16)17)6-7-11(9)12(13)15/h6-8H,2-5H2,1H3. The molecule has 1 aromatic rings. The summed E-state index contributed by atoms with van der Waals surface area (Å²) in [5.74, 6) is 0. The van der Waals surface area contributed by atoms with Crippen LogP contribution >= 0.6 is 11.6 Å². The lowest BCUT2D eigenvalue weighted by molar-refractivity contribution is -0.384. The van der Waals surface area contributed by atoms with Crippen LogP contribution in [0.4, 0.5) is 5.69 Å². The van der Waals surface area contributed by atoms with Crippen LogP contribution in [0, 0.1) is 10.1 Å². The van der Waals surface area contributed by atoms with Gasteiger partial charge in [0, 0.05) is 17.7 Å². The Bertz CT molecular complexity index is 432. The minimum Gasteiger partial charge on any atom is -0.276 e. The molecule has 0 N–H and O–H groups in total. The van der Waals surface area contributed by atoms with Crippen LogP contribution in [0.15, 0.2) is 18.2 Å². The largest absolute Gasteiger partial charge is 0.276 e. The Morgan fingerprint density at radius 1 is 1.41 bits per heavy atom. The van der Waals surface area contributed by atoms with Gasteiger partial charge in [-0.05, 0) is 36.1 Å². The van der Waals surface area contributed by atoms with Crippen LogP contribution in [0.1, 0.15) is 42.1 Å². The number of carbonyl (C=O) groups excluding carboxylic acids is 1. The Balaban J connectivity index is 2.98. The monoisotopic (exact) mass is 255 g/mol. The van der Waals surface area contributed by atoms with E-state index in [4.69, 9.17) is 11.6 Å². The van der Waals surface area contributed by atoms with E-state index in [9.17, 15) is 14.9 Å². The summed E-state index contributed by atoms with van der Waals surface area (Å²) in [4.78, 5) is 21.4. The molecular formula is C12H14ClNO3. The van der Waals surface area contributed by atoms with Gasteiger partial charge in [-0.1, -0.05) is 19.8 Å². The zero-order valence-electron chi connectivity index (χ0n) is 9.61. The molecule has 0 radical (unpaired) electrons. The summed E-state index contributed by atoms with van der Waals surface area (Å²) in [6.07, 6.45) is 3.62. The highest BCUT2D eigenvalue weighted by molar-refractivity contribution is 6.67. The van der Waals surface area contributed by atoms with E-state index in [1.807, 2.05) is 0 Å². The number of non-ortho nitro benzene ring substituents is 1. The van der Waals surface area contributed by atoms with Gasteiger partial charge in [0.2, 0.25) is 0 Å². The second-order valence-electron chi connectivity index (χ2n) is 3.83. The first-order valence-electron chi connectivity index (χ1n) is 5.53. The van der Waals surface area contributed by atoms with E-state index in [-0.39, 0.29) is 5.69 Å². The fraction of sp³-hybridized carbons (Fsp3) is 0.417. The van der Waals surface area contributed by atoms with Gasteiger partial charge in [-0.15, -0.1) is 0 Å². The van der Waals surface area contributed by atoms with Gasteiger partial charge in [0.15, 0.2) is 0 Å². The normalized spacial score (nSPS) is 10.2. The minimum atomic E-state index is -0.564. The Morgan fingerprint density at radius 2 is 2.12 bits per heavy atom. The molecular weight excluding hydrogens is 242 g/mol. The van der Waals surface area contributed by atoms with Crippen molar-refractivity contribution < 1.29 is 9.72 Å². The molecule has 0 spiro atoms. The van der Waals surface area contributed by atoms with E-state index in [0.29, 0.717) is 17.5 Å². The molecule has 0 amide bonds. The number of benzene rings is 1. The predicted molar refractivity (Wildman–Crippen MR) is 66.5 cm³/mol. The number of hydrogen-bond donors (Lipinski definition) is 0. The van der Waals surface area contributed by atoms with Gasteiger partial charge >= 0.3 is 0 Å². The summed E-state index contributed by atoms with van der Waals surface area (Å²) in [5, 5.41) is 10.1. The molecule has 0 unspecified atom stereocenters. The number of nitrogens with zero attached hydrogens (tertiary/aromatic N) is 1. The molecule has 1 aromatic carbocycles. The number of nitro groups is 1. The predicted octanol–water partition coefficient (Wildman–Crippen LogP) is 3.71. The van der Waals surface area contributed by atoms with Crippen molar-refractivity contribution in [2.45, 2.75) is 32.6 Å². The molecule has 0 saturated carbocycles. The van der Waals surface area contributed by atoms with Crippen molar-refractivity contribution in [2.75, 3.05) is 0 Å². The number of hydrogen-bond acceptors (Lipinski definition) is 3. The highest BCUT2D eigenvalue weighted by atomic mass is 35.5. The fourth-order valence-corrected chi connectivity index (χ4v) is 1.84. The van der Waals surface area contributed by atoms with E-state index in [0.717, 1.165) is 19.3 Å². The molecule has 0 aromatic heterocycles. The molecule has 0 bridgehead atoms. The van der Waals surface area contributed by atoms with Crippen LogP contribution in [-0.2, 0) is 6.42 Å². The lowest BCUT2D eigenvalue weighted by Crippen LogP contribution is -2.00. The molecule has 0 aliphatic heterocycles. The zero-order valence-corrected chi connectivity index (χ0v) is 10.4. The zero-order chi connectivity index (χ0) is 12.8. The first kappa shape index (κ1) is 13.6. The number of carbonyl (C=O) groups is 1. The first-order chi connectivity index (χ1) is 8.06. The van der Waals surface area contributed by atoms with Crippen molar-refractivity contribution in [3.8, 4) is 0 Å². The van der Waals surface area contributed by atoms with Gasteiger partial charge in [0.05, 0.1) is 4.92 Å². The maximum absolute atomic E-state index is 11.2. The van der Waals surface area contributed by atoms with Crippen LogP contribution in [0.2, 0.25) is 0 Å². The smallest absolute Gasteiger partial charge is 0.269 e. The third-order valence-corrected chi connectivity index (χ3v) is 2.76. The summed E-state index contributed by atoms with van der Waals surface area (Å²) < 4.78 is 0. The third-order valence-electron chi connectivity index (χ3n) is 2.56. The second-order valence-corrected chi connectivity index (χ2v) is 4.17. The summed E-state index contributed by atoms with van der Waals surface area (Å²) in [6, 6.07) is 4.17. The van der Waals surface area contributed by atoms with Crippen molar-refractivity contribution in [3.05, 3.63) is 39.4 Å². The van der Waals surface area contributed by atoms with Crippen LogP contribution < -0.4 is 0 Å². The molecule has 1 rings (SSSR count). The Hall–Kier alpha value is -1.42. The van der Waals surface area contributed by atoms with Gasteiger partial charge in [-0.3, -0.25) is 14.9 Å². The minimum absolute atomic E-state index is 0.00170. The second kappa shape index (κ2) is 6.35. The van der Waals surface area contributed by atoms with Crippen molar-refractivity contribution in [2.24, 2.45) is 0 Å². The Morgan fingerprint density at radius 3 is 2.65 bits per heavy atom. The number of nitro benzene ring substituents is 1. The molecule has 0 heterocycles. The van der Waals surface area contributed by atoms with Gasteiger partial charge in [-0.2, -0.15) is 0 Å². The van der Waals surface area contributed by atoms with E-state index in [2.05, 4.69) is 6.92 Å². The van der Waals surface area contributed by atoms with Crippen LogP contribution in [0.3, 0.4) is 0 Å². The molecule has 92 valence electrons. The Labute approximate surface area is 105 Å². The van der Waals surface area contributed by atoms with E-state index >= 15 is 0 Å². The summed E-state index contributed by atoms with van der Waals surface area (Å²) in [6.45, 7) is 2.07. The van der Waals surface area contributed by atoms with E-state index in [1.165, 1.54) is 18.2 Å². The lowest BCUT2D eigenvalue weighted by atomic mass is 10.0. The summed E-state index contributed by atoms with van der Waals surface area (Å²) in [5.41, 5.74) is 1.03. The Kier molecular flexibility index (Phi) is 5.10. The average molecular weight is 256 g/mol. The molecule has 0 atom stereocenters. The van der Waals surface area contributed by atoms with E-state index in [1.54, 1.807) is 0 Å². The highest BCUT2D eigenvalue weighted by Crippen LogP contribution is 2.21. The van der Waals surface area contributed by atoms with Crippen molar-refractivity contribution in [1.29, 1.82) is 0 Å². The molecule has 5 heteroatoms. The SMILES string of the molecule is CCCCCc1cc([N+](=O)[O-])ccc1C(=O)Cl. The first-order valence-corrected chi connectivity index (χ1v) is 5.91. The van der Waals surface area contributed by atoms with E-state index < -0.39 is 10.2 Å². The van der Waals surface area contributed by atoms with Crippen LogP contribution in [0.25, 0.3) is 0 Å². The summed E-state index contributed by atoms with van der Waals surface area (Å²) in [7, 11) is 0. The molecule has 4 nitrogen and oxygen atoms in total. The van der Waals surface area contributed by atoms with Crippen molar-refractivity contribution >= 4 is 22.5 Å². The topological polar surface area (TPSA) is 60.2 Å². The molecule has 0 saturated heterocycles. The molecule has 17 heavy (non-hydrogen) atoms. The van der Waals surface area contributed by atoms with Gasteiger partial charge in [0.1, 0.15) is 0 Å². The molecule has 0 aliphatic rings. The number of aryl methyl sites for hydroxylation is 1. The average Bonchev–Trinajstić information content (AvgIpc) is 2.28. The van der Waals surface area contributed by atoms with Gasteiger partial charge < -0.3 is 0 Å². The lowest BCUT2D eigenvalue weighted by Gasteiger charge is -2.05. The molecule has 0 aliphatic carbocycles. The van der Waals surface area contributed by atoms with Gasteiger partial charge in [-0.25, -0.2) is 0 Å². The molecule has 0 fully saturated rings. The van der Waals surface area contributed by atoms with Crippen molar-refractivity contribution in [1.82, 2.24) is 0 Å². The third kappa shape index (κ3) is 3.82. The highest BCUT2D eigenvalue weighted by Gasteiger charge is 2.14. The fourth-order valence-electron chi connectivity index (χ4n) is 1.66. The number of unbranched alkanes of at least 4 members (excludes halogenated alkanes) is 2.